The van der Waals surface area contributed by atoms with E-state index in [0.29, 0.717) is 5.69 Å². The van der Waals surface area contributed by atoms with E-state index in [9.17, 15) is 9.59 Å². The lowest BCUT2D eigenvalue weighted by molar-refractivity contribution is -0.122. The normalized spacial score (nSPS) is 15.6. The van der Waals surface area contributed by atoms with Gasteiger partial charge in [-0.3, -0.25) is 24.8 Å². The standard InChI is InChI=1S/C22H17BrN4O2S/c1-13-9-15(14(2)26(13)18-7-4-8-24-12-18)10-19-20(28)25-22(30)27(21(19)29)17-6-3-5-16(23)11-17/h3-12H,1-2H3,(H,25,28,30)/b19-10-. The van der Waals surface area contributed by atoms with Crippen molar-refractivity contribution in [3.8, 4) is 5.69 Å². The molecule has 1 saturated heterocycles. The summed E-state index contributed by atoms with van der Waals surface area (Å²) < 4.78 is 2.83. The number of nitrogens with zero attached hydrogens (tertiary/aromatic N) is 3. The molecule has 1 aliphatic heterocycles. The van der Waals surface area contributed by atoms with Crippen LogP contribution in [-0.2, 0) is 9.59 Å². The molecule has 2 amide bonds. The Bertz CT molecular complexity index is 1220. The van der Waals surface area contributed by atoms with Crippen LogP contribution >= 0.6 is 28.1 Å². The quantitative estimate of drug-likeness (QED) is 0.348. The Kier molecular flexibility index (Phi) is 5.36. The average Bonchev–Trinajstić information content (AvgIpc) is 2.99. The van der Waals surface area contributed by atoms with Gasteiger partial charge < -0.3 is 4.57 Å². The van der Waals surface area contributed by atoms with E-state index in [-0.39, 0.29) is 10.7 Å². The lowest BCUT2D eigenvalue weighted by Crippen LogP contribution is -2.54. The van der Waals surface area contributed by atoms with E-state index in [1.54, 1.807) is 36.7 Å². The number of pyridine rings is 1. The summed E-state index contributed by atoms with van der Waals surface area (Å²) in [4.78, 5) is 31.3. The van der Waals surface area contributed by atoms with Crippen LogP contribution in [0.15, 0.2) is 64.9 Å². The van der Waals surface area contributed by atoms with Crippen molar-refractivity contribution >= 4 is 56.8 Å². The summed E-state index contributed by atoms with van der Waals surface area (Å²) in [5.74, 6) is -0.976. The monoisotopic (exact) mass is 480 g/mol. The lowest BCUT2D eigenvalue weighted by Gasteiger charge is -2.29. The highest BCUT2D eigenvalue weighted by Gasteiger charge is 2.34. The zero-order valence-corrected chi connectivity index (χ0v) is 18.6. The molecule has 8 heteroatoms. The third-order valence-corrected chi connectivity index (χ3v) is 5.62. The smallest absolute Gasteiger partial charge is 0.270 e. The number of amides is 2. The molecule has 0 unspecified atom stereocenters. The number of carbonyl (C=O) groups excluding carboxylic acids is 2. The summed E-state index contributed by atoms with van der Waals surface area (Å²) in [5.41, 5.74) is 4.15. The second-order valence-electron chi connectivity index (χ2n) is 6.81. The Balaban J connectivity index is 1.77. The minimum Gasteiger partial charge on any atom is -0.316 e. The number of thiocarbonyl (C=S) groups is 1. The van der Waals surface area contributed by atoms with Crippen molar-refractivity contribution in [3.63, 3.8) is 0 Å². The summed E-state index contributed by atoms with van der Waals surface area (Å²) in [6, 6.07) is 12.9. The minimum atomic E-state index is -0.512. The van der Waals surface area contributed by atoms with Crippen molar-refractivity contribution in [3.05, 3.63) is 81.9 Å². The molecule has 0 spiro atoms. The van der Waals surface area contributed by atoms with Crippen LogP contribution in [0.25, 0.3) is 11.8 Å². The zero-order chi connectivity index (χ0) is 21.4. The van der Waals surface area contributed by atoms with E-state index in [0.717, 1.165) is 27.1 Å². The van der Waals surface area contributed by atoms with Gasteiger partial charge in [-0.05, 0) is 74.1 Å². The maximum atomic E-state index is 13.2. The molecule has 1 N–H and O–H groups in total. The molecule has 0 aliphatic carbocycles. The van der Waals surface area contributed by atoms with Crippen LogP contribution in [0, 0.1) is 13.8 Å². The molecule has 1 aliphatic rings. The zero-order valence-electron chi connectivity index (χ0n) is 16.2. The van der Waals surface area contributed by atoms with Crippen LogP contribution < -0.4 is 10.2 Å². The van der Waals surface area contributed by atoms with Gasteiger partial charge in [0.05, 0.1) is 17.6 Å². The van der Waals surface area contributed by atoms with Gasteiger partial charge in [0.2, 0.25) is 0 Å². The molecule has 2 aromatic heterocycles. The number of aromatic nitrogens is 2. The number of hydrogen-bond acceptors (Lipinski definition) is 4. The summed E-state index contributed by atoms with van der Waals surface area (Å²) in [5, 5.41) is 2.67. The molecule has 3 aromatic rings. The number of hydrogen-bond donors (Lipinski definition) is 1. The fraction of sp³-hybridized carbons (Fsp3) is 0.0909. The Morgan fingerprint density at radius 2 is 1.87 bits per heavy atom. The molecule has 0 saturated carbocycles. The highest BCUT2D eigenvalue weighted by atomic mass is 79.9. The van der Waals surface area contributed by atoms with Crippen LogP contribution in [0.3, 0.4) is 0 Å². The molecule has 0 bridgehead atoms. The Hall–Kier alpha value is -3.10. The fourth-order valence-corrected chi connectivity index (χ4v) is 4.15. The summed E-state index contributed by atoms with van der Waals surface area (Å²) in [7, 11) is 0. The van der Waals surface area contributed by atoms with Gasteiger partial charge in [0.15, 0.2) is 5.11 Å². The number of halogens is 1. The van der Waals surface area contributed by atoms with Crippen molar-refractivity contribution in [1.82, 2.24) is 14.9 Å². The SMILES string of the molecule is Cc1cc(/C=C2/C(=O)NC(=S)N(c3cccc(Br)c3)C2=O)c(C)n1-c1cccnc1. The third kappa shape index (κ3) is 3.59. The molecule has 150 valence electrons. The van der Waals surface area contributed by atoms with Crippen LogP contribution in [-0.4, -0.2) is 26.5 Å². The lowest BCUT2D eigenvalue weighted by atomic mass is 10.1. The largest absolute Gasteiger partial charge is 0.316 e. The highest BCUT2D eigenvalue weighted by Crippen LogP contribution is 2.27. The van der Waals surface area contributed by atoms with E-state index in [1.807, 2.05) is 42.7 Å². The number of anilines is 1. The first kappa shape index (κ1) is 20.2. The van der Waals surface area contributed by atoms with Crippen molar-refractivity contribution < 1.29 is 9.59 Å². The Morgan fingerprint density at radius 3 is 2.57 bits per heavy atom. The van der Waals surface area contributed by atoms with Gasteiger partial charge in [0, 0.05) is 22.1 Å². The van der Waals surface area contributed by atoms with Crippen molar-refractivity contribution in [2.75, 3.05) is 4.90 Å². The van der Waals surface area contributed by atoms with Gasteiger partial charge in [-0.1, -0.05) is 22.0 Å². The number of rotatable bonds is 3. The molecule has 1 aromatic carbocycles. The van der Waals surface area contributed by atoms with Crippen LogP contribution in [0.1, 0.15) is 17.0 Å². The predicted octanol–water partition coefficient (Wildman–Crippen LogP) is 4.08. The van der Waals surface area contributed by atoms with Gasteiger partial charge in [0.25, 0.3) is 11.8 Å². The van der Waals surface area contributed by atoms with Crippen LogP contribution in [0.4, 0.5) is 5.69 Å². The number of benzene rings is 1. The predicted molar refractivity (Wildman–Crippen MR) is 123 cm³/mol. The molecular formula is C22H17BrN4O2S. The van der Waals surface area contributed by atoms with Crippen molar-refractivity contribution in [2.45, 2.75) is 13.8 Å². The second-order valence-corrected chi connectivity index (χ2v) is 8.11. The first-order valence-corrected chi connectivity index (χ1v) is 10.3. The van der Waals surface area contributed by atoms with Gasteiger partial charge in [-0.2, -0.15) is 0 Å². The van der Waals surface area contributed by atoms with E-state index in [2.05, 4.69) is 26.2 Å². The molecule has 0 atom stereocenters. The van der Waals surface area contributed by atoms with Crippen LogP contribution in [0.5, 0.6) is 0 Å². The third-order valence-electron chi connectivity index (χ3n) is 4.84. The Morgan fingerprint density at radius 1 is 1.10 bits per heavy atom. The molecule has 0 radical (unpaired) electrons. The average molecular weight is 481 g/mol. The molecule has 4 rings (SSSR count). The van der Waals surface area contributed by atoms with E-state index >= 15 is 0 Å². The molecule has 6 nitrogen and oxygen atoms in total. The maximum Gasteiger partial charge on any atom is 0.270 e. The van der Waals surface area contributed by atoms with E-state index < -0.39 is 11.8 Å². The summed E-state index contributed by atoms with van der Waals surface area (Å²) in [6.45, 7) is 3.90. The van der Waals surface area contributed by atoms with Gasteiger partial charge >= 0.3 is 0 Å². The van der Waals surface area contributed by atoms with E-state index in [4.69, 9.17) is 12.2 Å². The first-order chi connectivity index (χ1) is 14.4. The van der Waals surface area contributed by atoms with Crippen molar-refractivity contribution in [2.24, 2.45) is 0 Å². The van der Waals surface area contributed by atoms with Gasteiger partial charge in [-0.15, -0.1) is 0 Å². The Labute approximate surface area is 187 Å². The topological polar surface area (TPSA) is 67.2 Å². The van der Waals surface area contributed by atoms with Crippen LogP contribution in [0.2, 0.25) is 0 Å². The molecule has 3 heterocycles. The maximum absolute atomic E-state index is 13.2. The van der Waals surface area contributed by atoms with E-state index in [1.165, 1.54) is 4.90 Å². The first-order valence-electron chi connectivity index (χ1n) is 9.13. The van der Waals surface area contributed by atoms with Crippen molar-refractivity contribution in [1.29, 1.82) is 0 Å². The molecule has 1 fully saturated rings. The summed E-state index contributed by atoms with van der Waals surface area (Å²) in [6.07, 6.45) is 5.09. The highest BCUT2D eigenvalue weighted by molar-refractivity contribution is 9.10. The number of carbonyl (C=O) groups is 2. The molecular weight excluding hydrogens is 464 g/mol. The second kappa shape index (κ2) is 7.97. The number of nitrogens with one attached hydrogen (secondary N) is 1. The summed E-state index contributed by atoms with van der Waals surface area (Å²) >= 11 is 8.66. The number of aryl methyl sites for hydroxylation is 1. The molecule has 30 heavy (non-hydrogen) atoms. The van der Waals surface area contributed by atoms with Gasteiger partial charge in [-0.25, -0.2) is 0 Å². The minimum absolute atomic E-state index is 0.0232. The van der Waals surface area contributed by atoms with Gasteiger partial charge in [0.1, 0.15) is 5.57 Å². The fourth-order valence-electron chi connectivity index (χ4n) is 3.48.